The molecule has 29 heavy (non-hydrogen) atoms. The molecule has 2 aromatic rings. The minimum atomic E-state index is -3.40. The SMILES string of the molecule is CN(C1CN(c2ccc3nnc(C4CCC4)n3n2)C1)S(=O)(=O)N1CCCCCC1. The predicted octanol–water partition coefficient (Wildman–Crippen LogP) is 1.63. The summed E-state index contributed by atoms with van der Waals surface area (Å²) in [5.41, 5.74) is 0.772. The van der Waals surface area contributed by atoms with E-state index in [0.29, 0.717) is 32.1 Å². The molecule has 0 N–H and O–H groups in total. The first kappa shape index (κ1) is 19.2. The van der Waals surface area contributed by atoms with Crippen molar-refractivity contribution in [3.63, 3.8) is 0 Å². The Kier molecular flexibility index (Phi) is 4.95. The van der Waals surface area contributed by atoms with E-state index in [0.717, 1.165) is 55.8 Å². The highest BCUT2D eigenvalue weighted by molar-refractivity contribution is 7.86. The predicted molar refractivity (Wildman–Crippen MR) is 110 cm³/mol. The summed E-state index contributed by atoms with van der Waals surface area (Å²) in [7, 11) is -1.68. The minimum absolute atomic E-state index is 0.0206. The molecule has 0 unspecified atom stereocenters. The average molecular weight is 420 g/mol. The van der Waals surface area contributed by atoms with E-state index < -0.39 is 10.2 Å². The highest BCUT2D eigenvalue weighted by atomic mass is 32.2. The molecule has 1 aliphatic carbocycles. The molecule has 2 aromatic heterocycles. The average Bonchev–Trinajstić information content (AvgIpc) is 2.85. The molecule has 2 aliphatic heterocycles. The van der Waals surface area contributed by atoms with Crippen LogP contribution < -0.4 is 4.90 Å². The maximum absolute atomic E-state index is 13.0. The summed E-state index contributed by atoms with van der Waals surface area (Å²) < 4.78 is 31.1. The van der Waals surface area contributed by atoms with Gasteiger partial charge in [0.2, 0.25) is 0 Å². The molecule has 0 atom stereocenters. The van der Waals surface area contributed by atoms with Crippen LogP contribution in [0.2, 0.25) is 0 Å². The molecule has 10 heteroatoms. The van der Waals surface area contributed by atoms with Crippen LogP contribution in [0, 0.1) is 0 Å². The van der Waals surface area contributed by atoms with Gasteiger partial charge in [-0.15, -0.1) is 15.3 Å². The van der Waals surface area contributed by atoms with Crippen LogP contribution in [0.1, 0.15) is 56.7 Å². The van der Waals surface area contributed by atoms with Crippen LogP contribution >= 0.6 is 0 Å². The van der Waals surface area contributed by atoms with Crippen LogP contribution in [0.5, 0.6) is 0 Å². The Labute approximate surface area is 171 Å². The highest BCUT2D eigenvalue weighted by Crippen LogP contribution is 2.35. The summed E-state index contributed by atoms with van der Waals surface area (Å²) >= 11 is 0. The number of likely N-dealkylation sites (N-methyl/N-ethyl adjacent to an activating group) is 1. The first-order valence-corrected chi connectivity index (χ1v) is 12.1. The molecule has 0 amide bonds. The van der Waals surface area contributed by atoms with Gasteiger partial charge in [-0.3, -0.25) is 0 Å². The third-order valence-electron chi connectivity index (χ3n) is 6.70. The summed E-state index contributed by atoms with van der Waals surface area (Å²) in [5.74, 6) is 2.27. The smallest absolute Gasteiger partial charge is 0.282 e. The molecule has 0 aromatic carbocycles. The van der Waals surface area contributed by atoms with E-state index in [1.54, 1.807) is 15.7 Å². The molecule has 3 aliphatic rings. The number of hydrogen-bond donors (Lipinski definition) is 0. The maximum atomic E-state index is 13.0. The van der Waals surface area contributed by atoms with Crippen LogP contribution in [0.4, 0.5) is 5.82 Å². The lowest BCUT2D eigenvalue weighted by Gasteiger charge is -2.44. The van der Waals surface area contributed by atoms with E-state index in [2.05, 4.69) is 15.1 Å². The minimum Gasteiger partial charge on any atom is -0.352 e. The van der Waals surface area contributed by atoms with Crippen molar-refractivity contribution in [1.29, 1.82) is 0 Å². The van der Waals surface area contributed by atoms with E-state index in [9.17, 15) is 8.42 Å². The Balaban J connectivity index is 1.27. The fraction of sp³-hybridized carbons (Fsp3) is 0.737. The third kappa shape index (κ3) is 3.40. The molecule has 0 spiro atoms. The lowest BCUT2D eigenvalue weighted by atomic mass is 9.85. The van der Waals surface area contributed by atoms with Crippen molar-refractivity contribution in [2.45, 2.75) is 56.9 Å². The van der Waals surface area contributed by atoms with Crippen LogP contribution in [0.25, 0.3) is 5.65 Å². The van der Waals surface area contributed by atoms with Crippen molar-refractivity contribution < 1.29 is 8.42 Å². The van der Waals surface area contributed by atoms with Gasteiger partial charge in [-0.25, -0.2) is 0 Å². The van der Waals surface area contributed by atoms with Gasteiger partial charge >= 0.3 is 0 Å². The zero-order valence-electron chi connectivity index (χ0n) is 16.9. The molecule has 0 radical (unpaired) electrons. The van der Waals surface area contributed by atoms with E-state index in [-0.39, 0.29) is 6.04 Å². The standard InChI is InChI=1S/C19H29N7O2S/c1-23(29(27,28)25-11-4-2-3-5-12-25)16-13-24(14-16)18-10-9-17-20-21-19(26(17)22-18)15-7-6-8-15/h9-10,15-16H,2-8,11-14H2,1H3. The van der Waals surface area contributed by atoms with Gasteiger partial charge < -0.3 is 4.90 Å². The second-order valence-corrected chi connectivity index (χ2v) is 10.5. The maximum Gasteiger partial charge on any atom is 0.282 e. The van der Waals surface area contributed by atoms with E-state index >= 15 is 0 Å². The quantitative estimate of drug-likeness (QED) is 0.732. The molecule has 2 saturated heterocycles. The Hall–Kier alpha value is -1.78. The molecule has 4 heterocycles. The molecular weight excluding hydrogens is 390 g/mol. The van der Waals surface area contributed by atoms with Crippen molar-refractivity contribution in [3.05, 3.63) is 18.0 Å². The fourth-order valence-electron chi connectivity index (χ4n) is 4.40. The van der Waals surface area contributed by atoms with Gasteiger partial charge in [0.15, 0.2) is 11.5 Å². The van der Waals surface area contributed by atoms with E-state index in [1.807, 2.05) is 16.6 Å². The van der Waals surface area contributed by atoms with Crippen LogP contribution in [-0.4, -0.2) is 76.1 Å². The molecule has 1 saturated carbocycles. The summed E-state index contributed by atoms with van der Waals surface area (Å²) in [4.78, 5) is 2.13. The monoisotopic (exact) mass is 419 g/mol. The molecule has 158 valence electrons. The van der Waals surface area contributed by atoms with Gasteiger partial charge in [0.05, 0.1) is 6.04 Å². The second-order valence-electron chi connectivity index (χ2n) is 8.54. The topological polar surface area (TPSA) is 86.9 Å². The number of hydrogen-bond acceptors (Lipinski definition) is 6. The number of aromatic nitrogens is 4. The Bertz CT molecular complexity index is 974. The molecule has 3 fully saturated rings. The zero-order valence-corrected chi connectivity index (χ0v) is 17.8. The highest BCUT2D eigenvalue weighted by Gasteiger charge is 2.39. The van der Waals surface area contributed by atoms with Crippen LogP contribution in [0.3, 0.4) is 0 Å². The number of nitrogens with zero attached hydrogens (tertiary/aromatic N) is 7. The molecule has 9 nitrogen and oxygen atoms in total. The Morgan fingerprint density at radius 3 is 2.38 bits per heavy atom. The molecule has 0 bridgehead atoms. The van der Waals surface area contributed by atoms with Gasteiger partial charge in [0, 0.05) is 39.1 Å². The van der Waals surface area contributed by atoms with Crippen molar-refractivity contribution in [3.8, 4) is 0 Å². The van der Waals surface area contributed by atoms with Gasteiger partial charge in [-0.2, -0.15) is 21.5 Å². The van der Waals surface area contributed by atoms with Crippen molar-refractivity contribution in [2.75, 3.05) is 38.1 Å². The molecular formula is C19H29N7O2S. The van der Waals surface area contributed by atoms with E-state index in [4.69, 9.17) is 5.10 Å². The Morgan fingerprint density at radius 2 is 1.72 bits per heavy atom. The number of rotatable bonds is 5. The lowest BCUT2D eigenvalue weighted by Crippen LogP contribution is -2.62. The van der Waals surface area contributed by atoms with Crippen molar-refractivity contribution >= 4 is 21.7 Å². The van der Waals surface area contributed by atoms with Gasteiger partial charge in [0.1, 0.15) is 5.82 Å². The zero-order chi connectivity index (χ0) is 20.0. The summed E-state index contributed by atoms with van der Waals surface area (Å²) in [6.07, 6.45) is 7.69. The summed E-state index contributed by atoms with van der Waals surface area (Å²) in [6, 6.07) is 3.88. The second kappa shape index (κ2) is 7.48. The Morgan fingerprint density at radius 1 is 1.00 bits per heavy atom. The summed E-state index contributed by atoms with van der Waals surface area (Å²) in [6.45, 7) is 2.59. The molecule has 5 rings (SSSR count). The first-order valence-electron chi connectivity index (χ1n) is 10.7. The number of fused-ring (bicyclic) bond motifs is 1. The van der Waals surface area contributed by atoms with E-state index in [1.165, 1.54) is 6.42 Å². The van der Waals surface area contributed by atoms with Gasteiger partial charge in [0.25, 0.3) is 10.2 Å². The van der Waals surface area contributed by atoms with Gasteiger partial charge in [-0.1, -0.05) is 19.3 Å². The number of anilines is 1. The largest absolute Gasteiger partial charge is 0.352 e. The van der Waals surface area contributed by atoms with Crippen molar-refractivity contribution in [2.24, 2.45) is 0 Å². The summed E-state index contributed by atoms with van der Waals surface area (Å²) in [5, 5.41) is 13.3. The normalized spacial score (nSPS) is 22.6. The van der Waals surface area contributed by atoms with Gasteiger partial charge in [-0.05, 0) is 37.8 Å². The van der Waals surface area contributed by atoms with Crippen molar-refractivity contribution in [1.82, 2.24) is 28.4 Å². The fourth-order valence-corrected chi connectivity index (χ4v) is 5.99. The van der Waals surface area contributed by atoms with Crippen LogP contribution in [-0.2, 0) is 10.2 Å². The lowest BCUT2D eigenvalue weighted by molar-refractivity contribution is 0.279. The van der Waals surface area contributed by atoms with Crippen LogP contribution in [0.15, 0.2) is 12.1 Å². The third-order valence-corrected chi connectivity index (χ3v) is 8.74. The first-order chi connectivity index (χ1) is 14.0.